The smallest absolute Gasteiger partial charge is 0.328 e. The standard InChI is InChI=1S/C19H18F4N4O/c1-11(24)3-2-5-27-6-4-12-7-15(16(20)8-14(12)18(27)28)17-25-9-13(10-26-17)19(21,22)23/h4,6-11H,2-3,5,24H2,1H3. The summed E-state index contributed by atoms with van der Waals surface area (Å²) < 4.78 is 53.9. The van der Waals surface area contributed by atoms with Crippen molar-refractivity contribution in [3.8, 4) is 11.4 Å². The van der Waals surface area contributed by atoms with Gasteiger partial charge < -0.3 is 10.3 Å². The average molecular weight is 394 g/mol. The van der Waals surface area contributed by atoms with Crippen LogP contribution in [0.15, 0.2) is 41.6 Å². The Morgan fingerprint density at radius 3 is 2.50 bits per heavy atom. The molecule has 5 nitrogen and oxygen atoms in total. The third kappa shape index (κ3) is 4.19. The zero-order chi connectivity index (χ0) is 20.5. The van der Waals surface area contributed by atoms with E-state index in [9.17, 15) is 22.4 Å². The molecule has 0 radical (unpaired) electrons. The second-order valence-corrected chi connectivity index (χ2v) is 6.65. The number of nitrogens with zero attached hydrogens (tertiary/aromatic N) is 3. The summed E-state index contributed by atoms with van der Waals surface area (Å²) in [7, 11) is 0. The molecule has 0 aliphatic carbocycles. The Hall–Kier alpha value is -2.81. The van der Waals surface area contributed by atoms with Gasteiger partial charge in [0.25, 0.3) is 5.56 Å². The summed E-state index contributed by atoms with van der Waals surface area (Å²) in [5.41, 5.74) is 4.26. The highest BCUT2D eigenvalue weighted by Gasteiger charge is 2.31. The fourth-order valence-corrected chi connectivity index (χ4v) is 2.85. The molecule has 0 fully saturated rings. The number of fused-ring (bicyclic) bond motifs is 1. The normalized spacial score (nSPS) is 13.1. The summed E-state index contributed by atoms with van der Waals surface area (Å²) in [6.45, 7) is 2.34. The van der Waals surface area contributed by atoms with E-state index in [-0.39, 0.29) is 28.4 Å². The monoisotopic (exact) mass is 394 g/mol. The van der Waals surface area contributed by atoms with Gasteiger partial charge in [0.1, 0.15) is 5.82 Å². The van der Waals surface area contributed by atoms with Crippen LogP contribution in [0, 0.1) is 5.82 Å². The first kappa shape index (κ1) is 19.9. The first-order chi connectivity index (χ1) is 13.2. The molecule has 9 heteroatoms. The van der Waals surface area contributed by atoms with Gasteiger partial charge in [0.05, 0.1) is 16.5 Å². The molecule has 3 aromatic rings. The molecule has 0 amide bonds. The van der Waals surface area contributed by atoms with E-state index in [2.05, 4.69) is 9.97 Å². The molecule has 1 atom stereocenters. The Morgan fingerprint density at radius 2 is 1.89 bits per heavy atom. The Labute approximate surface area is 157 Å². The van der Waals surface area contributed by atoms with Crippen molar-refractivity contribution in [2.24, 2.45) is 5.73 Å². The second-order valence-electron chi connectivity index (χ2n) is 6.65. The van der Waals surface area contributed by atoms with Gasteiger partial charge in [0.2, 0.25) is 0 Å². The Morgan fingerprint density at radius 1 is 1.21 bits per heavy atom. The van der Waals surface area contributed by atoms with E-state index in [4.69, 9.17) is 5.73 Å². The van der Waals surface area contributed by atoms with Crippen LogP contribution in [-0.4, -0.2) is 20.6 Å². The van der Waals surface area contributed by atoms with Crippen molar-refractivity contribution in [3.63, 3.8) is 0 Å². The highest BCUT2D eigenvalue weighted by molar-refractivity contribution is 5.85. The fourth-order valence-electron chi connectivity index (χ4n) is 2.85. The molecule has 148 valence electrons. The molecule has 3 rings (SSSR count). The van der Waals surface area contributed by atoms with Gasteiger partial charge in [-0.25, -0.2) is 14.4 Å². The molecular weight excluding hydrogens is 376 g/mol. The van der Waals surface area contributed by atoms with Crippen molar-refractivity contribution in [3.05, 3.63) is 58.5 Å². The quantitative estimate of drug-likeness (QED) is 0.669. The van der Waals surface area contributed by atoms with E-state index < -0.39 is 17.6 Å². The second kappa shape index (κ2) is 7.67. The summed E-state index contributed by atoms with van der Waals surface area (Å²) >= 11 is 0. The van der Waals surface area contributed by atoms with Gasteiger partial charge in [-0.05, 0) is 43.4 Å². The van der Waals surface area contributed by atoms with Crippen molar-refractivity contribution in [1.29, 1.82) is 0 Å². The lowest BCUT2D eigenvalue weighted by Crippen LogP contribution is -2.21. The number of rotatable bonds is 5. The Kier molecular flexibility index (Phi) is 5.46. The molecule has 2 N–H and O–H groups in total. The first-order valence-electron chi connectivity index (χ1n) is 8.64. The highest BCUT2D eigenvalue weighted by Crippen LogP contribution is 2.29. The lowest BCUT2D eigenvalue weighted by Gasteiger charge is -2.10. The van der Waals surface area contributed by atoms with Gasteiger partial charge >= 0.3 is 6.18 Å². The van der Waals surface area contributed by atoms with E-state index in [0.29, 0.717) is 30.7 Å². The van der Waals surface area contributed by atoms with E-state index in [1.165, 1.54) is 10.6 Å². The predicted octanol–water partition coefficient (Wildman–Crippen LogP) is 3.74. The Bertz CT molecular complexity index is 1040. The van der Waals surface area contributed by atoms with Gasteiger partial charge in [0.15, 0.2) is 5.82 Å². The molecule has 0 aliphatic heterocycles. The van der Waals surface area contributed by atoms with E-state index in [0.717, 1.165) is 12.5 Å². The molecule has 1 unspecified atom stereocenters. The molecule has 0 saturated carbocycles. The highest BCUT2D eigenvalue weighted by atomic mass is 19.4. The number of halogens is 4. The van der Waals surface area contributed by atoms with Crippen LogP contribution in [0.3, 0.4) is 0 Å². The van der Waals surface area contributed by atoms with Crippen molar-refractivity contribution < 1.29 is 17.6 Å². The van der Waals surface area contributed by atoms with Crippen LogP contribution >= 0.6 is 0 Å². The number of pyridine rings is 1. The van der Waals surface area contributed by atoms with E-state index in [1.807, 2.05) is 6.92 Å². The van der Waals surface area contributed by atoms with Gasteiger partial charge in [-0.3, -0.25) is 4.79 Å². The maximum atomic E-state index is 14.5. The number of hydrogen-bond acceptors (Lipinski definition) is 4. The van der Waals surface area contributed by atoms with Crippen LogP contribution in [0.25, 0.3) is 22.2 Å². The van der Waals surface area contributed by atoms with Crippen molar-refractivity contribution in [2.45, 2.75) is 38.5 Å². The fraction of sp³-hybridized carbons (Fsp3) is 0.316. The average Bonchev–Trinajstić information content (AvgIpc) is 2.63. The van der Waals surface area contributed by atoms with E-state index in [1.54, 1.807) is 12.3 Å². The predicted molar refractivity (Wildman–Crippen MR) is 97.1 cm³/mol. The summed E-state index contributed by atoms with van der Waals surface area (Å²) in [6.07, 6.45) is -0.314. The SMILES string of the molecule is CC(N)CCCn1ccc2cc(-c3ncc(C(F)(F)F)cn3)c(F)cc2c1=O. The van der Waals surface area contributed by atoms with Crippen molar-refractivity contribution >= 4 is 10.8 Å². The minimum atomic E-state index is -4.58. The number of hydrogen-bond donors (Lipinski definition) is 1. The zero-order valence-electron chi connectivity index (χ0n) is 15.0. The van der Waals surface area contributed by atoms with Crippen molar-refractivity contribution in [1.82, 2.24) is 14.5 Å². The number of alkyl halides is 3. The maximum Gasteiger partial charge on any atom is 0.419 e. The van der Waals surface area contributed by atoms with Crippen LogP contribution in [0.5, 0.6) is 0 Å². The number of benzene rings is 1. The van der Waals surface area contributed by atoms with Crippen LogP contribution in [-0.2, 0) is 12.7 Å². The number of nitrogens with two attached hydrogens (primary N) is 1. The van der Waals surface area contributed by atoms with E-state index >= 15 is 0 Å². The zero-order valence-corrected chi connectivity index (χ0v) is 15.0. The van der Waals surface area contributed by atoms with Gasteiger partial charge in [-0.2, -0.15) is 13.2 Å². The molecular formula is C19H18F4N4O. The minimum absolute atomic E-state index is 0.0277. The topological polar surface area (TPSA) is 73.8 Å². The number of aryl methyl sites for hydroxylation is 1. The summed E-state index contributed by atoms with van der Waals surface area (Å²) in [6, 6.07) is 4.10. The molecule has 0 aliphatic rings. The largest absolute Gasteiger partial charge is 0.419 e. The summed E-state index contributed by atoms with van der Waals surface area (Å²) in [5.74, 6) is -0.966. The van der Waals surface area contributed by atoms with Crippen LogP contribution < -0.4 is 11.3 Å². The first-order valence-corrected chi connectivity index (χ1v) is 8.64. The maximum absolute atomic E-state index is 14.5. The summed E-state index contributed by atoms with van der Waals surface area (Å²) in [4.78, 5) is 19.8. The van der Waals surface area contributed by atoms with Gasteiger partial charge in [-0.15, -0.1) is 0 Å². The summed E-state index contributed by atoms with van der Waals surface area (Å²) in [5, 5.41) is 0.629. The third-order valence-corrected chi connectivity index (χ3v) is 4.34. The van der Waals surface area contributed by atoms with Gasteiger partial charge in [-0.1, -0.05) is 0 Å². The minimum Gasteiger partial charge on any atom is -0.328 e. The van der Waals surface area contributed by atoms with Crippen LogP contribution in [0.1, 0.15) is 25.3 Å². The lowest BCUT2D eigenvalue weighted by molar-refractivity contribution is -0.138. The molecule has 2 heterocycles. The molecule has 0 saturated heterocycles. The van der Waals surface area contributed by atoms with Crippen LogP contribution in [0.4, 0.5) is 17.6 Å². The Balaban J connectivity index is 1.96. The molecule has 0 bridgehead atoms. The molecule has 28 heavy (non-hydrogen) atoms. The lowest BCUT2D eigenvalue weighted by atomic mass is 10.1. The van der Waals surface area contributed by atoms with Crippen molar-refractivity contribution in [2.75, 3.05) is 0 Å². The molecule has 1 aromatic carbocycles. The van der Waals surface area contributed by atoms with Crippen LogP contribution in [0.2, 0.25) is 0 Å². The third-order valence-electron chi connectivity index (χ3n) is 4.34. The molecule has 2 aromatic heterocycles. The molecule has 0 spiro atoms. The van der Waals surface area contributed by atoms with Gasteiger partial charge in [0, 0.05) is 31.2 Å². The number of aromatic nitrogens is 3.